The number of carbonyl (C=O) groups is 2. The molecule has 0 radical (unpaired) electrons. The molecular weight excluding hydrogens is 335 g/mol. The molecule has 1 aromatic heterocycles. The number of hydrogen-bond donors (Lipinski definition) is 2. The maximum Gasteiger partial charge on any atom is 0.355 e. The van der Waals surface area contributed by atoms with Crippen LogP contribution in [0.15, 0.2) is 23.6 Å². The third-order valence-electron chi connectivity index (χ3n) is 2.57. The number of aromatic carboxylic acids is 1. The van der Waals surface area contributed by atoms with Crippen molar-refractivity contribution in [2.24, 2.45) is 0 Å². The number of aromatic nitrogens is 1. The molecule has 21 heavy (non-hydrogen) atoms. The number of carboxylic acid groups (broad SMARTS) is 1. The van der Waals surface area contributed by atoms with Gasteiger partial charge in [0.05, 0.1) is 13.0 Å². The van der Waals surface area contributed by atoms with Crippen LogP contribution in [0.25, 0.3) is 0 Å². The number of thiazole rings is 1. The second kappa shape index (κ2) is 6.89. The van der Waals surface area contributed by atoms with Crippen LogP contribution < -0.4 is 5.32 Å². The summed E-state index contributed by atoms with van der Waals surface area (Å²) >= 11 is 13.0. The highest BCUT2D eigenvalue weighted by Crippen LogP contribution is 2.21. The molecular formula is C13H10Cl2N2O3S. The van der Waals surface area contributed by atoms with Gasteiger partial charge in [-0.05, 0) is 17.7 Å². The van der Waals surface area contributed by atoms with Crippen molar-refractivity contribution < 1.29 is 14.7 Å². The van der Waals surface area contributed by atoms with Crippen LogP contribution in [0.2, 0.25) is 10.0 Å². The van der Waals surface area contributed by atoms with E-state index >= 15 is 0 Å². The van der Waals surface area contributed by atoms with E-state index < -0.39 is 5.97 Å². The normalized spacial score (nSPS) is 10.4. The third kappa shape index (κ3) is 4.42. The minimum Gasteiger partial charge on any atom is -0.476 e. The van der Waals surface area contributed by atoms with Crippen molar-refractivity contribution in [3.8, 4) is 0 Å². The minimum atomic E-state index is -1.09. The number of benzene rings is 1. The summed E-state index contributed by atoms with van der Waals surface area (Å²) < 4.78 is 0. The predicted octanol–water partition coefficient (Wildman–Crippen LogP) is 3.01. The first-order chi connectivity index (χ1) is 9.95. The van der Waals surface area contributed by atoms with Crippen LogP contribution in [0.5, 0.6) is 0 Å². The molecule has 5 nitrogen and oxygen atoms in total. The Balaban J connectivity index is 1.91. The number of nitrogens with zero attached hydrogens (tertiary/aromatic N) is 1. The molecule has 0 aliphatic rings. The molecule has 0 saturated carbocycles. The maximum absolute atomic E-state index is 11.8. The van der Waals surface area contributed by atoms with E-state index in [1.165, 1.54) is 16.7 Å². The summed E-state index contributed by atoms with van der Waals surface area (Å²) in [6.45, 7) is 0.183. The Morgan fingerprint density at radius 2 is 2.10 bits per heavy atom. The number of amides is 1. The zero-order valence-electron chi connectivity index (χ0n) is 10.6. The van der Waals surface area contributed by atoms with E-state index in [0.717, 1.165) is 0 Å². The molecule has 0 atom stereocenters. The summed E-state index contributed by atoms with van der Waals surface area (Å²) in [6.07, 6.45) is 0.118. The second-order valence-corrected chi connectivity index (χ2v) is 5.91. The summed E-state index contributed by atoms with van der Waals surface area (Å²) in [5.41, 5.74) is 0.647. The van der Waals surface area contributed by atoms with Crippen LogP contribution in [0.1, 0.15) is 21.1 Å². The number of carboxylic acids is 1. The zero-order chi connectivity index (χ0) is 15.4. The molecule has 1 amide bonds. The standard InChI is InChI=1S/C13H10Cl2N2O3S/c14-8-2-1-7(9(15)4-8)3-11(18)16-5-12-17-10(6-21-12)13(19)20/h1-2,4,6H,3,5H2,(H,16,18)(H,19,20). The van der Waals surface area contributed by atoms with Gasteiger partial charge in [-0.25, -0.2) is 9.78 Å². The molecule has 2 N–H and O–H groups in total. The SMILES string of the molecule is O=C(Cc1ccc(Cl)cc1Cl)NCc1nc(C(=O)O)cs1. The number of nitrogens with one attached hydrogen (secondary N) is 1. The molecule has 0 spiro atoms. The highest BCUT2D eigenvalue weighted by Gasteiger charge is 2.11. The first kappa shape index (κ1) is 15.8. The lowest BCUT2D eigenvalue weighted by molar-refractivity contribution is -0.120. The van der Waals surface area contributed by atoms with E-state index in [9.17, 15) is 9.59 Å². The van der Waals surface area contributed by atoms with E-state index in [4.69, 9.17) is 28.3 Å². The van der Waals surface area contributed by atoms with Crippen molar-refractivity contribution in [3.63, 3.8) is 0 Å². The number of carbonyl (C=O) groups excluding carboxylic acids is 1. The molecule has 0 unspecified atom stereocenters. The van der Waals surface area contributed by atoms with Crippen molar-refractivity contribution >= 4 is 46.4 Å². The van der Waals surface area contributed by atoms with Crippen molar-refractivity contribution in [3.05, 3.63) is 49.9 Å². The van der Waals surface area contributed by atoms with E-state index in [-0.39, 0.29) is 24.6 Å². The number of hydrogen-bond acceptors (Lipinski definition) is 4. The Kier molecular flexibility index (Phi) is 5.17. The molecule has 1 aromatic carbocycles. The van der Waals surface area contributed by atoms with Gasteiger partial charge < -0.3 is 10.4 Å². The van der Waals surface area contributed by atoms with Crippen LogP contribution >= 0.6 is 34.5 Å². The van der Waals surface area contributed by atoms with Gasteiger partial charge in [0.15, 0.2) is 5.69 Å². The molecule has 2 aromatic rings. The first-order valence-electron chi connectivity index (χ1n) is 5.84. The lowest BCUT2D eigenvalue weighted by Crippen LogP contribution is -2.24. The largest absolute Gasteiger partial charge is 0.476 e. The van der Waals surface area contributed by atoms with Gasteiger partial charge in [0.2, 0.25) is 5.91 Å². The molecule has 0 fully saturated rings. The van der Waals surface area contributed by atoms with Crippen molar-refractivity contribution in [1.29, 1.82) is 0 Å². The third-order valence-corrected chi connectivity index (χ3v) is 4.01. The molecule has 8 heteroatoms. The number of rotatable bonds is 5. The molecule has 0 aliphatic carbocycles. The fraction of sp³-hybridized carbons (Fsp3) is 0.154. The summed E-state index contributed by atoms with van der Waals surface area (Å²) in [5.74, 6) is -1.32. The van der Waals surface area contributed by atoms with E-state index in [0.29, 0.717) is 20.6 Å². The highest BCUT2D eigenvalue weighted by atomic mass is 35.5. The Hall–Kier alpha value is -1.63. The second-order valence-electron chi connectivity index (χ2n) is 4.12. The summed E-state index contributed by atoms with van der Waals surface area (Å²) in [5, 5.41) is 14.3. The van der Waals surface area contributed by atoms with Crippen LogP contribution in [-0.2, 0) is 17.8 Å². The zero-order valence-corrected chi connectivity index (χ0v) is 12.9. The van der Waals surface area contributed by atoms with Crippen molar-refractivity contribution in [2.45, 2.75) is 13.0 Å². The lowest BCUT2D eigenvalue weighted by atomic mass is 10.1. The Bertz CT molecular complexity index is 688. The summed E-state index contributed by atoms with van der Waals surface area (Å²) in [4.78, 5) is 26.4. The Morgan fingerprint density at radius 1 is 1.33 bits per heavy atom. The smallest absolute Gasteiger partial charge is 0.355 e. The van der Waals surface area contributed by atoms with Gasteiger partial charge >= 0.3 is 5.97 Å². The topological polar surface area (TPSA) is 79.3 Å². The van der Waals surface area contributed by atoms with Gasteiger partial charge in [-0.15, -0.1) is 11.3 Å². The number of halogens is 2. The van der Waals surface area contributed by atoms with Gasteiger partial charge in [0, 0.05) is 15.4 Å². The molecule has 0 bridgehead atoms. The highest BCUT2D eigenvalue weighted by molar-refractivity contribution is 7.09. The van der Waals surface area contributed by atoms with E-state index in [1.54, 1.807) is 18.2 Å². The van der Waals surface area contributed by atoms with Gasteiger partial charge in [0.25, 0.3) is 0 Å². The summed E-state index contributed by atoms with van der Waals surface area (Å²) in [6, 6.07) is 4.93. The van der Waals surface area contributed by atoms with E-state index in [2.05, 4.69) is 10.3 Å². The summed E-state index contributed by atoms with van der Waals surface area (Å²) in [7, 11) is 0. The molecule has 2 rings (SSSR count). The van der Waals surface area contributed by atoms with Crippen molar-refractivity contribution in [1.82, 2.24) is 10.3 Å². The average molecular weight is 345 g/mol. The van der Waals surface area contributed by atoms with Gasteiger partial charge in [-0.2, -0.15) is 0 Å². The van der Waals surface area contributed by atoms with Gasteiger partial charge in [-0.1, -0.05) is 29.3 Å². The fourth-order valence-electron chi connectivity index (χ4n) is 1.57. The van der Waals surface area contributed by atoms with Gasteiger partial charge in [0.1, 0.15) is 5.01 Å². The van der Waals surface area contributed by atoms with E-state index in [1.807, 2.05) is 0 Å². The minimum absolute atomic E-state index is 0.0232. The average Bonchev–Trinajstić information content (AvgIpc) is 2.89. The maximum atomic E-state index is 11.8. The predicted molar refractivity (Wildman–Crippen MR) is 81.1 cm³/mol. The van der Waals surface area contributed by atoms with Crippen LogP contribution in [0.4, 0.5) is 0 Å². The van der Waals surface area contributed by atoms with Crippen LogP contribution in [0.3, 0.4) is 0 Å². The molecule has 1 heterocycles. The molecule has 0 saturated heterocycles. The van der Waals surface area contributed by atoms with Gasteiger partial charge in [-0.3, -0.25) is 4.79 Å². The lowest BCUT2D eigenvalue weighted by Gasteiger charge is -2.05. The monoisotopic (exact) mass is 344 g/mol. The first-order valence-corrected chi connectivity index (χ1v) is 7.47. The quantitative estimate of drug-likeness (QED) is 0.873. The Morgan fingerprint density at radius 3 is 2.71 bits per heavy atom. The van der Waals surface area contributed by atoms with Crippen molar-refractivity contribution in [2.75, 3.05) is 0 Å². The fourth-order valence-corrected chi connectivity index (χ4v) is 2.75. The molecule has 110 valence electrons. The molecule has 0 aliphatic heterocycles. The Labute approximate surface area is 134 Å². The van der Waals surface area contributed by atoms with Crippen LogP contribution in [-0.4, -0.2) is 22.0 Å². The van der Waals surface area contributed by atoms with Crippen LogP contribution in [0, 0.1) is 0 Å².